The minimum Gasteiger partial charge on any atom is -0.282 e. The molecule has 9 heteroatoms. The van der Waals surface area contributed by atoms with Crippen molar-refractivity contribution >= 4 is 16.9 Å². The summed E-state index contributed by atoms with van der Waals surface area (Å²) in [6.45, 7) is -0.330. The molecule has 0 saturated carbocycles. The Morgan fingerprint density at radius 1 is 1.09 bits per heavy atom. The molecule has 23 heavy (non-hydrogen) atoms. The van der Waals surface area contributed by atoms with Crippen molar-refractivity contribution in [3.05, 3.63) is 35.9 Å². The van der Waals surface area contributed by atoms with Gasteiger partial charge in [0.15, 0.2) is 0 Å². The van der Waals surface area contributed by atoms with Gasteiger partial charge in [0.25, 0.3) is 5.92 Å². The SMILES string of the molecule is CC(F)(F)C(F)(F)C(F)C(F)(F)CCSC(=O)c1ccccc1. The maximum Gasteiger partial charge on any atom is 0.346 e. The molecule has 0 bridgehead atoms. The van der Waals surface area contributed by atoms with E-state index in [1.165, 1.54) is 24.3 Å². The Labute approximate surface area is 132 Å². The minimum absolute atomic E-state index is 0.197. The van der Waals surface area contributed by atoms with Crippen molar-refractivity contribution in [3.8, 4) is 0 Å². The van der Waals surface area contributed by atoms with Crippen LogP contribution in [0.4, 0.5) is 30.7 Å². The van der Waals surface area contributed by atoms with E-state index < -0.39 is 41.2 Å². The molecule has 1 aromatic rings. The van der Waals surface area contributed by atoms with Gasteiger partial charge in [0, 0.05) is 24.7 Å². The zero-order chi connectivity index (χ0) is 17.9. The van der Waals surface area contributed by atoms with Crippen LogP contribution < -0.4 is 0 Å². The summed E-state index contributed by atoms with van der Waals surface area (Å²) in [4.78, 5) is 11.6. The van der Waals surface area contributed by atoms with Gasteiger partial charge in [-0.3, -0.25) is 4.79 Å². The molecule has 0 saturated heterocycles. The van der Waals surface area contributed by atoms with Gasteiger partial charge in [0.1, 0.15) is 0 Å². The van der Waals surface area contributed by atoms with Crippen LogP contribution in [0.25, 0.3) is 0 Å². The van der Waals surface area contributed by atoms with Gasteiger partial charge >= 0.3 is 11.8 Å². The standard InChI is InChI=1S/C14H13F7OS/c1-12(16,17)14(20,21)11(15)13(18,19)7-8-23-10(22)9-5-3-2-4-6-9/h2-6,11H,7-8H2,1H3. The highest BCUT2D eigenvalue weighted by Crippen LogP contribution is 2.45. The first-order chi connectivity index (χ1) is 10.4. The average molecular weight is 362 g/mol. The summed E-state index contributed by atoms with van der Waals surface area (Å²) in [7, 11) is 0. The smallest absolute Gasteiger partial charge is 0.282 e. The molecule has 0 N–H and O–H groups in total. The number of benzene rings is 1. The molecule has 0 amide bonds. The van der Waals surface area contributed by atoms with Crippen LogP contribution >= 0.6 is 11.8 Å². The van der Waals surface area contributed by atoms with Crippen molar-refractivity contribution in [1.29, 1.82) is 0 Å². The number of carbonyl (C=O) groups is 1. The molecule has 1 nitrogen and oxygen atoms in total. The average Bonchev–Trinajstić information content (AvgIpc) is 2.45. The van der Waals surface area contributed by atoms with Crippen LogP contribution in [0.5, 0.6) is 0 Å². The second-order valence-electron chi connectivity index (χ2n) is 4.89. The maximum atomic E-state index is 13.4. The third-order valence-corrected chi connectivity index (χ3v) is 3.86. The molecule has 0 aliphatic carbocycles. The third-order valence-electron chi connectivity index (χ3n) is 2.95. The van der Waals surface area contributed by atoms with Gasteiger partial charge in [0.2, 0.25) is 11.3 Å². The molecule has 0 aliphatic rings. The molecule has 0 aromatic heterocycles. The Kier molecular flexibility index (Phi) is 6.12. The number of thioether (sulfide) groups is 1. The molecule has 0 radical (unpaired) electrons. The summed E-state index contributed by atoms with van der Waals surface area (Å²) in [6.07, 6.45) is -5.81. The minimum atomic E-state index is -5.51. The zero-order valence-corrected chi connectivity index (χ0v) is 12.7. The Morgan fingerprint density at radius 2 is 1.61 bits per heavy atom. The van der Waals surface area contributed by atoms with Crippen molar-refractivity contribution in [2.45, 2.75) is 37.3 Å². The van der Waals surface area contributed by atoms with Crippen molar-refractivity contribution < 1.29 is 35.5 Å². The van der Waals surface area contributed by atoms with Gasteiger partial charge in [-0.25, -0.2) is 22.0 Å². The van der Waals surface area contributed by atoms with E-state index in [-0.39, 0.29) is 12.5 Å². The fraction of sp³-hybridized carbons (Fsp3) is 0.500. The number of rotatable bonds is 7. The summed E-state index contributed by atoms with van der Waals surface area (Å²) in [6, 6.07) is 7.51. The molecule has 1 unspecified atom stereocenters. The fourth-order valence-corrected chi connectivity index (χ4v) is 2.41. The molecule has 0 spiro atoms. The predicted octanol–water partition coefficient (Wildman–Crippen LogP) is 5.21. The maximum absolute atomic E-state index is 13.4. The second kappa shape index (κ2) is 7.11. The summed E-state index contributed by atoms with van der Waals surface area (Å²) in [5.41, 5.74) is 0.197. The number of carbonyl (C=O) groups excluding carboxylic acids is 1. The van der Waals surface area contributed by atoms with Crippen LogP contribution in [-0.4, -0.2) is 34.8 Å². The second-order valence-corrected chi connectivity index (χ2v) is 5.95. The van der Waals surface area contributed by atoms with Crippen LogP contribution in [0.1, 0.15) is 23.7 Å². The lowest BCUT2D eigenvalue weighted by atomic mass is 10.0. The lowest BCUT2D eigenvalue weighted by molar-refractivity contribution is -0.270. The van der Waals surface area contributed by atoms with Gasteiger partial charge in [-0.15, -0.1) is 0 Å². The van der Waals surface area contributed by atoms with Crippen LogP contribution in [0.15, 0.2) is 30.3 Å². The first kappa shape index (κ1) is 19.8. The van der Waals surface area contributed by atoms with Crippen molar-refractivity contribution in [2.75, 3.05) is 5.75 Å². The summed E-state index contributed by atoms with van der Waals surface area (Å²) in [5, 5.41) is -0.607. The van der Waals surface area contributed by atoms with Crippen LogP contribution in [0.2, 0.25) is 0 Å². The van der Waals surface area contributed by atoms with E-state index in [4.69, 9.17) is 0 Å². The van der Waals surface area contributed by atoms with Crippen molar-refractivity contribution in [1.82, 2.24) is 0 Å². The fourth-order valence-electron chi connectivity index (χ4n) is 1.55. The Morgan fingerprint density at radius 3 is 2.09 bits per heavy atom. The van der Waals surface area contributed by atoms with E-state index >= 15 is 0 Å². The first-order valence-electron chi connectivity index (χ1n) is 6.39. The number of alkyl halides is 7. The molecule has 0 aliphatic heterocycles. The van der Waals surface area contributed by atoms with Crippen LogP contribution in [0.3, 0.4) is 0 Å². The largest absolute Gasteiger partial charge is 0.346 e. The number of hydrogen-bond acceptors (Lipinski definition) is 2. The van der Waals surface area contributed by atoms with E-state index in [1.54, 1.807) is 6.07 Å². The molecule has 0 heterocycles. The Bertz CT molecular complexity index is 528. The number of halogens is 7. The molecule has 0 fully saturated rings. The molecular formula is C14H13F7OS. The highest BCUT2D eigenvalue weighted by Gasteiger charge is 2.66. The van der Waals surface area contributed by atoms with Gasteiger partial charge in [-0.2, -0.15) is 8.78 Å². The monoisotopic (exact) mass is 362 g/mol. The topological polar surface area (TPSA) is 17.1 Å². The highest BCUT2D eigenvalue weighted by atomic mass is 32.2. The van der Waals surface area contributed by atoms with E-state index in [1.807, 2.05) is 0 Å². The quantitative estimate of drug-likeness (QED) is 0.619. The summed E-state index contributed by atoms with van der Waals surface area (Å²) < 4.78 is 91.1. The lowest BCUT2D eigenvalue weighted by Crippen LogP contribution is -2.53. The zero-order valence-electron chi connectivity index (χ0n) is 11.8. The number of hydrogen-bond donors (Lipinski definition) is 0. The summed E-state index contributed by atoms with van der Waals surface area (Å²) >= 11 is 0.374. The third kappa shape index (κ3) is 4.86. The highest BCUT2D eigenvalue weighted by molar-refractivity contribution is 8.14. The Balaban J connectivity index is 2.64. The molecule has 1 aromatic carbocycles. The van der Waals surface area contributed by atoms with Gasteiger partial charge in [-0.1, -0.05) is 42.1 Å². The van der Waals surface area contributed by atoms with Crippen LogP contribution in [0, 0.1) is 0 Å². The van der Waals surface area contributed by atoms with Crippen LogP contribution in [-0.2, 0) is 0 Å². The Hall–Kier alpha value is -1.25. The molecule has 1 rings (SSSR count). The molecule has 1 atom stereocenters. The molecule has 130 valence electrons. The van der Waals surface area contributed by atoms with E-state index in [0.29, 0.717) is 11.8 Å². The van der Waals surface area contributed by atoms with Gasteiger partial charge in [-0.05, 0) is 0 Å². The first-order valence-corrected chi connectivity index (χ1v) is 7.38. The van der Waals surface area contributed by atoms with Crippen molar-refractivity contribution in [2.24, 2.45) is 0 Å². The van der Waals surface area contributed by atoms with Gasteiger partial charge < -0.3 is 0 Å². The lowest BCUT2D eigenvalue weighted by Gasteiger charge is -2.30. The predicted molar refractivity (Wildman–Crippen MR) is 73.3 cm³/mol. The normalized spacial score (nSPS) is 14.6. The van der Waals surface area contributed by atoms with Crippen molar-refractivity contribution in [3.63, 3.8) is 0 Å². The van der Waals surface area contributed by atoms with Gasteiger partial charge in [0.05, 0.1) is 0 Å². The van der Waals surface area contributed by atoms with E-state index in [2.05, 4.69) is 0 Å². The molecular weight excluding hydrogens is 349 g/mol. The summed E-state index contributed by atoms with van der Waals surface area (Å²) in [5.74, 6) is -15.8. The van der Waals surface area contributed by atoms with E-state index in [9.17, 15) is 35.5 Å². The van der Waals surface area contributed by atoms with E-state index in [0.717, 1.165) is 0 Å².